The van der Waals surface area contributed by atoms with Crippen molar-refractivity contribution in [1.29, 1.82) is 0 Å². The van der Waals surface area contributed by atoms with Gasteiger partial charge in [0, 0.05) is 25.2 Å². The number of para-hydroxylation sites is 1. The molecule has 0 unspecified atom stereocenters. The molecule has 2 N–H and O–H groups in total. The van der Waals surface area contributed by atoms with E-state index in [0.29, 0.717) is 18.7 Å². The molecule has 154 valence electrons. The predicted molar refractivity (Wildman–Crippen MR) is 108 cm³/mol. The molecule has 29 heavy (non-hydrogen) atoms. The summed E-state index contributed by atoms with van der Waals surface area (Å²) < 4.78 is 32.3. The minimum atomic E-state index is -3.77. The molecule has 0 bridgehead atoms. The number of carbonyl (C=O) groups is 2. The zero-order valence-corrected chi connectivity index (χ0v) is 16.9. The predicted octanol–water partition coefficient (Wildman–Crippen LogP) is 1.91. The van der Waals surface area contributed by atoms with Crippen LogP contribution in [0.2, 0.25) is 0 Å². The van der Waals surface area contributed by atoms with Gasteiger partial charge in [0.2, 0.25) is 0 Å². The number of alkyl carbamates (subject to hydrolysis) is 1. The van der Waals surface area contributed by atoms with Crippen LogP contribution in [-0.4, -0.2) is 46.7 Å². The Morgan fingerprint density at radius 3 is 2.62 bits per heavy atom. The Hall–Kier alpha value is -3.07. The lowest BCUT2D eigenvalue weighted by molar-refractivity contribution is 0.0952. The number of hydrogen-bond donors (Lipinski definition) is 2. The number of carbonyl (C=O) groups excluding carboxylic acids is 2. The van der Waals surface area contributed by atoms with Gasteiger partial charge in [0.1, 0.15) is 0 Å². The van der Waals surface area contributed by atoms with E-state index >= 15 is 0 Å². The second-order valence-electron chi connectivity index (χ2n) is 6.39. The summed E-state index contributed by atoms with van der Waals surface area (Å²) in [5, 5.41) is 5.14. The quantitative estimate of drug-likeness (QED) is 0.670. The molecule has 3 rings (SSSR count). The van der Waals surface area contributed by atoms with Crippen molar-refractivity contribution in [1.82, 2.24) is 10.6 Å². The van der Waals surface area contributed by atoms with Gasteiger partial charge in [-0.3, -0.25) is 9.10 Å². The summed E-state index contributed by atoms with van der Waals surface area (Å²) in [6.07, 6.45) is 0.101. The number of amides is 2. The van der Waals surface area contributed by atoms with Crippen molar-refractivity contribution in [3.63, 3.8) is 0 Å². The second-order valence-corrected chi connectivity index (χ2v) is 8.25. The van der Waals surface area contributed by atoms with Crippen molar-refractivity contribution in [2.24, 2.45) is 0 Å². The van der Waals surface area contributed by atoms with E-state index in [9.17, 15) is 18.0 Å². The summed E-state index contributed by atoms with van der Waals surface area (Å²) in [5.41, 5.74) is 1.89. The molecule has 0 atom stereocenters. The van der Waals surface area contributed by atoms with Gasteiger partial charge < -0.3 is 15.4 Å². The molecular formula is C20H23N3O5S. The topological polar surface area (TPSA) is 105 Å². The number of sulfonamides is 1. The summed E-state index contributed by atoms with van der Waals surface area (Å²) >= 11 is 0. The van der Waals surface area contributed by atoms with Crippen molar-refractivity contribution < 1.29 is 22.7 Å². The molecule has 0 fully saturated rings. The van der Waals surface area contributed by atoms with Crippen LogP contribution in [-0.2, 0) is 21.2 Å². The highest BCUT2D eigenvalue weighted by Gasteiger charge is 2.30. The van der Waals surface area contributed by atoms with Crippen molar-refractivity contribution in [3.8, 4) is 0 Å². The number of anilines is 1. The van der Waals surface area contributed by atoms with Crippen molar-refractivity contribution in [2.75, 3.05) is 30.5 Å². The molecule has 0 aliphatic carbocycles. The number of fused-ring (bicyclic) bond motifs is 1. The molecular weight excluding hydrogens is 394 g/mol. The van der Waals surface area contributed by atoms with E-state index in [1.165, 1.54) is 16.4 Å². The first-order valence-corrected chi connectivity index (χ1v) is 10.8. The van der Waals surface area contributed by atoms with Gasteiger partial charge in [0.15, 0.2) is 0 Å². The smallest absolute Gasteiger partial charge is 0.407 e. The summed E-state index contributed by atoms with van der Waals surface area (Å²) in [6, 6.07) is 13.3. The average Bonchev–Trinajstić information content (AvgIpc) is 3.16. The number of ether oxygens (including phenoxy) is 1. The molecule has 0 aromatic heterocycles. The van der Waals surface area contributed by atoms with Crippen LogP contribution in [0.1, 0.15) is 22.8 Å². The van der Waals surface area contributed by atoms with E-state index < -0.39 is 22.0 Å². The van der Waals surface area contributed by atoms with Crippen molar-refractivity contribution in [2.45, 2.75) is 18.2 Å². The molecule has 0 saturated heterocycles. The van der Waals surface area contributed by atoms with E-state index in [4.69, 9.17) is 4.74 Å². The Bertz CT molecular complexity index is 1010. The van der Waals surface area contributed by atoms with E-state index in [1.807, 2.05) is 12.1 Å². The largest absolute Gasteiger partial charge is 0.450 e. The molecule has 9 heteroatoms. The van der Waals surface area contributed by atoms with Gasteiger partial charge in [-0.25, -0.2) is 13.2 Å². The molecule has 0 radical (unpaired) electrons. The first kappa shape index (κ1) is 20.7. The molecule has 8 nitrogen and oxygen atoms in total. The molecule has 2 amide bonds. The third-order valence-corrected chi connectivity index (χ3v) is 6.29. The van der Waals surface area contributed by atoms with Gasteiger partial charge in [0.25, 0.3) is 15.9 Å². The number of nitrogens with one attached hydrogen (secondary N) is 2. The lowest BCUT2D eigenvalue weighted by Gasteiger charge is -2.20. The van der Waals surface area contributed by atoms with Crippen LogP contribution in [0, 0.1) is 0 Å². The van der Waals surface area contributed by atoms with Crippen LogP contribution in [0.25, 0.3) is 0 Å². The van der Waals surface area contributed by atoms with Crippen LogP contribution >= 0.6 is 0 Å². The van der Waals surface area contributed by atoms with E-state index in [1.54, 1.807) is 31.2 Å². The molecule has 1 aliphatic heterocycles. The van der Waals surface area contributed by atoms with Crippen molar-refractivity contribution in [3.05, 3.63) is 59.7 Å². The Labute approximate surface area is 169 Å². The van der Waals surface area contributed by atoms with Crippen LogP contribution < -0.4 is 14.9 Å². The van der Waals surface area contributed by atoms with Gasteiger partial charge in [-0.1, -0.05) is 24.3 Å². The number of rotatable bonds is 7. The Balaban J connectivity index is 1.68. The first-order chi connectivity index (χ1) is 13.9. The maximum atomic E-state index is 13.1. The Kier molecular flexibility index (Phi) is 6.38. The van der Waals surface area contributed by atoms with Crippen LogP contribution in [0.15, 0.2) is 53.4 Å². The normalized spacial score (nSPS) is 12.9. The summed E-state index contributed by atoms with van der Waals surface area (Å²) in [5.74, 6) is -0.422. The maximum Gasteiger partial charge on any atom is 0.407 e. The highest BCUT2D eigenvalue weighted by Crippen LogP contribution is 2.32. The minimum Gasteiger partial charge on any atom is -0.450 e. The minimum absolute atomic E-state index is 0.0616. The SMILES string of the molecule is CCOC(=O)NCCNC(=O)c1cccc(S(=O)(=O)N2CCc3ccccc32)c1. The fraction of sp³-hybridized carbons (Fsp3) is 0.300. The monoisotopic (exact) mass is 417 g/mol. The third-order valence-electron chi connectivity index (χ3n) is 4.48. The fourth-order valence-electron chi connectivity index (χ4n) is 3.11. The maximum absolute atomic E-state index is 13.1. The van der Waals surface area contributed by atoms with Crippen molar-refractivity contribution >= 4 is 27.7 Å². The third kappa shape index (κ3) is 4.68. The lowest BCUT2D eigenvalue weighted by Crippen LogP contribution is -2.35. The van der Waals surface area contributed by atoms with Crippen LogP contribution in [0.5, 0.6) is 0 Å². The molecule has 1 heterocycles. The molecule has 0 spiro atoms. The number of hydrogen-bond acceptors (Lipinski definition) is 5. The molecule has 2 aromatic rings. The van der Waals surface area contributed by atoms with Gasteiger partial charge in [-0.2, -0.15) is 0 Å². The summed E-state index contributed by atoms with van der Waals surface area (Å²) in [7, 11) is -3.77. The first-order valence-electron chi connectivity index (χ1n) is 9.33. The van der Waals surface area contributed by atoms with Gasteiger partial charge in [-0.15, -0.1) is 0 Å². The van der Waals surface area contributed by atoms with E-state index in [-0.39, 0.29) is 30.2 Å². The fourth-order valence-corrected chi connectivity index (χ4v) is 4.66. The zero-order chi connectivity index (χ0) is 20.9. The zero-order valence-electron chi connectivity index (χ0n) is 16.1. The Morgan fingerprint density at radius 2 is 1.83 bits per heavy atom. The second kappa shape index (κ2) is 8.95. The summed E-state index contributed by atoms with van der Waals surface area (Å²) in [4.78, 5) is 23.6. The van der Waals surface area contributed by atoms with E-state index in [0.717, 1.165) is 5.56 Å². The standard InChI is InChI=1S/C20H23N3O5S/c1-2-28-20(25)22-12-11-21-19(24)16-7-5-8-17(14-16)29(26,27)23-13-10-15-6-3-4-9-18(15)23/h3-9,14H,2,10-13H2,1H3,(H,21,24)(H,22,25). The number of benzene rings is 2. The van der Waals surface area contributed by atoms with Gasteiger partial charge in [-0.05, 0) is 43.2 Å². The molecule has 1 aliphatic rings. The number of nitrogens with zero attached hydrogens (tertiary/aromatic N) is 1. The van der Waals surface area contributed by atoms with Crippen LogP contribution in [0.3, 0.4) is 0 Å². The molecule has 0 saturated carbocycles. The highest BCUT2D eigenvalue weighted by molar-refractivity contribution is 7.92. The van der Waals surface area contributed by atoms with Gasteiger partial charge >= 0.3 is 6.09 Å². The molecule has 2 aromatic carbocycles. The average molecular weight is 417 g/mol. The van der Waals surface area contributed by atoms with E-state index in [2.05, 4.69) is 10.6 Å². The van der Waals surface area contributed by atoms with Gasteiger partial charge in [0.05, 0.1) is 17.2 Å². The van der Waals surface area contributed by atoms with Crippen LogP contribution in [0.4, 0.5) is 10.5 Å². The lowest BCUT2D eigenvalue weighted by atomic mass is 10.2. The summed E-state index contributed by atoms with van der Waals surface area (Å²) in [6.45, 7) is 2.73. The highest BCUT2D eigenvalue weighted by atomic mass is 32.2. The Morgan fingerprint density at radius 1 is 1.07 bits per heavy atom.